The van der Waals surface area contributed by atoms with E-state index in [1.165, 1.54) is 30.7 Å². The summed E-state index contributed by atoms with van der Waals surface area (Å²) in [6.45, 7) is 3.75. The van der Waals surface area contributed by atoms with Crippen molar-refractivity contribution in [1.29, 1.82) is 0 Å². The van der Waals surface area contributed by atoms with E-state index in [0.717, 1.165) is 32.1 Å². The molecule has 2 aliphatic carbocycles. The zero-order chi connectivity index (χ0) is 22.8. The van der Waals surface area contributed by atoms with Crippen molar-refractivity contribution in [2.75, 3.05) is 0 Å². The highest BCUT2D eigenvalue weighted by Crippen LogP contribution is 2.48. The monoisotopic (exact) mass is 442 g/mol. The lowest BCUT2D eigenvalue weighted by molar-refractivity contribution is 0.0721. The second kappa shape index (κ2) is 9.51. The van der Waals surface area contributed by atoms with E-state index < -0.39 is 29.0 Å². The summed E-state index contributed by atoms with van der Waals surface area (Å²) in [4.78, 5) is 12.4. The summed E-state index contributed by atoms with van der Waals surface area (Å²) in [6.07, 6.45) is 10.5. The minimum absolute atomic E-state index is 0.0522. The Balaban J connectivity index is 1.48. The van der Waals surface area contributed by atoms with Crippen LogP contribution < -0.4 is 4.74 Å². The van der Waals surface area contributed by atoms with Gasteiger partial charge in [0.15, 0.2) is 23.2 Å². The summed E-state index contributed by atoms with van der Waals surface area (Å²) in [5, 5.41) is 0. The number of aryl methyl sites for hydroxylation is 1. The third kappa shape index (κ3) is 4.62. The molecule has 0 saturated heterocycles. The van der Waals surface area contributed by atoms with Gasteiger partial charge in [0.2, 0.25) is 0 Å². The molecular formula is C27H29F3O2. The van der Waals surface area contributed by atoms with Crippen LogP contribution in [0.2, 0.25) is 0 Å². The van der Waals surface area contributed by atoms with Crippen LogP contribution in [-0.2, 0) is 0 Å². The topological polar surface area (TPSA) is 26.3 Å². The van der Waals surface area contributed by atoms with Crippen molar-refractivity contribution in [2.45, 2.75) is 58.3 Å². The molecule has 2 aromatic rings. The molecule has 0 aliphatic heterocycles. The van der Waals surface area contributed by atoms with E-state index in [0.29, 0.717) is 28.9 Å². The lowest BCUT2D eigenvalue weighted by Gasteiger charge is -2.42. The van der Waals surface area contributed by atoms with E-state index >= 15 is 0 Å². The Morgan fingerprint density at radius 1 is 0.969 bits per heavy atom. The number of fused-ring (bicyclic) bond motifs is 1. The van der Waals surface area contributed by atoms with Crippen LogP contribution in [0.1, 0.15) is 72.9 Å². The first-order valence-corrected chi connectivity index (χ1v) is 11.5. The molecule has 2 saturated carbocycles. The lowest BCUT2D eigenvalue weighted by Crippen LogP contribution is -2.30. The Labute approximate surface area is 187 Å². The highest BCUT2D eigenvalue weighted by atomic mass is 19.2. The summed E-state index contributed by atoms with van der Waals surface area (Å²) in [6, 6.07) is 6.85. The van der Waals surface area contributed by atoms with Crippen LogP contribution >= 0.6 is 0 Å². The highest BCUT2D eigenvalue weighted by molar-refractivity contribution is 5.91. The number of esters is 1. The van der Waals surface area contributed by atoms with Crippen LogP contribution in [-0.4, -0.2) is 5.97 Å². The molecule has 4 unspecified atom stereocenters. The standard InChI is InChI=1S/C27H29F3O2/c1-3-4-17-6-7-19-15-20(9-8-18(19)14-17)21-10-11-22(26(30)25(21)29)27(31)32-24-12-5-16(2)13-23(24)28/h3-5,10-13,17-20H,6-9,14-15H2,1-2H3/b4-3+. The number of benzene rings is 2. The SMILES string of the molecule is C/C=C/C1CCC2CC(c3ccc(C(=O)Oc4ccc(C)cc4F)c(F)c3F)CCC2C1. The number of rotatable bonds is 4. The van der Waals surface area contributed by atoms with Gasteiger partial charge >= 0.3 is 5.97 Å². The van der Waals surface area contributed by atoms with Gasteiger partial charge in [-0.3, -0.25) is 0 Å². The van der Waals surface area contributed by atoms with Gasteiger partial charge in [-0.2, -0.15) is 0 Å². The van der Waals surface area contributed by atoms with Crippen molar-refractivity contribution < 1.29 is 22.7 Å². The Bertz CT molecular complexity index is 1030. The van der Waals surface area contributed by atoms with Crippen molar-refractivity contribution >= 4 is 5.97 Å². The molecule has 4 rings (SSSR count). The minimum Gasteiger partial charge on any atom is -0.420 e. The quantitative estimate of drug-likeness (QED) is 0.278. The Kier molecular flexibility index (Phi) is 6.73. The summed E-state index contributed by atoms with van der Waals surface area (Å²) in [5.41, 5.74) is 0.468. The van der Waals surface area contributed by atoms with E-state index in [1.807, 2.05) is 0 Å². The summed E-state index contributed by atoms with van der Waals surface area (Å²) in [7, 11) is 0. The molecule has 0 radical (unpaired) electrons. The molecule has 0 N–H and O–H groups in total. The van der Waals surface area contributed by atoms with Crippen LogP contribution in [0.3, 0.4) is 0 Å². The van der Waals surface area contributed by atoms with Gasteiger partial charge in [0, 0.05) is 0 Å². The molecule has 0 heterocycles. The van der Waals surface area contributed by atoms with Gasteiger partial charge in [0.1, 0.15) is 0 Å². The Morgan fingerprint density at radius 2 is 1.72 bits per heavy atom. The van der Waals surface area contributed by atoms with Crippen molar-refractivity contribution in [2.24, 2.45) is 17.8 Å². The van der Waals surface area contributed by atoms with Gasteiger partial charge < -0.3 is 4.74 Å². The van der Waals surface area contributed by atoms with Gasteiger partial charge in [0.25, 0.3) is 0 Å². The van der Waals surface area contributed by atoms with Crippen LogP contribution in [0.15, 0.2) is 42.5 Å². The van der Waals surface area contributed by atoms with E-state index in [1.54, 1.807) is 13.0 Å². The van der Waals surface area contributed by atoms with Crippen molar-refractivity contribution in [3.63, 3.8) is 0 Å². The fourth-order valence-corrected chi connectivity index (χ4v) is 5.54. The molecule has 0 spiro atoms. The van der Waals surface area contributed by atoms with Gasteiger partial charge in [-0.25, -0.2) is 18.0 Å². The van der Waals surface area contributed by atoms with Crippen molar-refractivity contribution in [1.82, 2.24) is 0 Å². The number of allylic oxidation sites excluding steroid dienone is 2. The van der Waals surface area contributed by atoms with Crippen LogP contribution in [0.5, 0.6) is 5.75 Å². The molecule has 2 nitrogen and oxygen atoms in total. The van der Waals surface area contributed by atoms with Gasteiger partial charge in [0.05, 0.1) is 5.56 Å². The second-order valence-electron chi connectivity index (χ2n) is 9.28. The zero-order valence-electron chi connectivity index (χ0n) is 18.5. The number of carbonyl (C=O) groups excluding carboxylic acids is 1. The van der Waals surface area contributed by atoms with Crippen molar-refractivity contribution in [3.8, 4) is 5.75 Å². The maximum absolute atomic E-state index is 15.0. The van der Waals surface area contributed by atoms with Crippen LogP contribution in [0.4, 0.5) is 13.2 Å². The maximum Gasteiger partial charge on any atom is 0.346 e. The average molecular weight is 443 g/mol. The Morgan fingerprint density at radius 3 is 2.47 bits per heavy atom. The number of carbonyl (C=O) groups is 1. The van der Waals surface area contributed by atoms with Gasteiger partial charge in [-0.1, -0.05) is 24.3 Å². The Hall–Kier alpha value is -2.56. The lowest BCUT2D eigenvalue weighted by atomic mass is 9.64. The van der Waals surface area contributed by atoms with Crippen LogP contribution in [0, 0.1) is 42.1 Å². The molecule has 2 aliphatic rings. The first-order valence-electron chi connectivity index (χ1n) is 11.5. The smallest absolute Gasteiger partial charge is 0.346 e. The fourth-order valence-electron chi connectivity index (χ4n) is 5.54. The van der Waals surface area contributed by atoms with Gasteiger partial charge in [-0.05, 0) is 105 Å². The molecule has 4 atom stereocenters. The summed E-state index contributed by atoms with van der Waals surface area (Å²) in [5.74, 6) is -2.59. The molecule has 2 aromatic carbocycles. The second-order valence-corrected chi connectivity index (χ2v) is 9.28. The van der Waals surface area contributed by atoms with Gasteiger partial charge in [-0.15, -0.1) is 0 Å². The molecular weight excluding hydrogens is 413 g/mol. The number of halogens is 3. The minimum atomic E-state index is -1.22. The van der Waals surface area contributed by atoms with E-state index in [2.05, 4.69) is 19.1 Å². The third-order valence-corrected chi connectivity index (χ3v) is 7.18. The molecule has 170 valence electrons. The summed E-state index contributed by atoms with van der Waals surface area (Å²) >= 11 is 0. The first-order chi connectivity index (χ1) is 15.4. The number of ether oxygens (including phenoxy) is 1. The molecule has 0 aromatic heterocycles. The molecule has 0 bridgehead atoms. The van der Waals surface area contributed by atoms with Crippen LogP contribution in [0.25, 0.3) is 0 Å². The molecule has 0 amide bonds. The van der Waals surface area contributed by atoms with E-state index in [4.69, 9.17) is 4.74 Å². The predicted molar refractivity (Wildman–Crippen MR) is 118 cm³/mol. The van der Waals surface area contributed by atoms with Crippen molar-refractivity contribution in [3.05, 3.63) is 76.6 Å². The number of hydrogen-bond donors (Lipinski definition) is 0. The third-order valence-electron chi connectivity index (χ3n) is 7.18. The fraction of sp³-hybridized carbons (Fsp3) is 0.444. The molecule has 5 heteroatoms. The normalized spacial score (nSPS) is 25.5. The largest absolute Gasteiger partial charge is 0.420 e. The first kappa shape index (κ1) is 22.6. The predicted octanol–water partition coefficient (Wildman–Crippen LogP) is 7.51. The van der Waals surface area contributed by atoms with E-state index in [9.17, 15) is 18.0 Å². The maximum atomic E-state index is 15.0. The molecule has 2 fully saturated rings. The van der Waals surface area contributed by atoms with E-state index in [-0.39, 0.29) is 11.7 Å². The average Bonchev–Trinajstić information content (AvgIpc) is 2.77. The molecule has 32 heavy (non-hydrogen) atoms. The zero-order valence-corrected chi connectivity index (χ0v) is 18.5. The summed E-state index contributed by atoms with van der Waals surface area (Å²) < 4.78 is 48.8. The highest BCUT2D eigenvalue weighted by Gasteiger charge is 2.36. The number of hydrogen-bond acceptors (Lipinski definition) is 2.